The van der Waals surface area contributed by atoms with Crippen LogP contribution < -0.4 is 10.9 Å². The highest BCUT2D eigenvalue weighted by atomic mass is 35.5. The molecule has 4 rings (SSSR count). The maximum atomic E-state index is 12.4. The molecule has 0 fully saturated rings. The molecule has 0 spiro atoms. The predicted octanol–water partition coefficient (Wildman–Crippen LogP) is 1.78. The number of hydrogen-bond donors (Lipinski definition) is 2. The molecular formula is C16H9BClNO4. The van der Waals surface area contributed by atoms with E-state index in [0.29, 0.717) is 22.0 Å². The number of aromatic nitrogens is 1. The van der Waals surface area contributed by atoms with Crippen LogP contribution in [0.4, 0.5) is 0 Å². The number of hydrogen-bond acceptors (Lipinski definition) is 5. The zero-order chi connectivity index (χ0) is 16.1. The Morgan fingerprint density at radius 1 is 1.04 bits per heavy atom. The van der Waals surface area contributed by atoms with Crippen molar-refractivity contribution in [3.8, 4) is 11.5 Å². The molecule has 2 aliphatic rings. The summed E-state index contributed by atoms with van der Waals surface area (Å²) in [7, 11) is -1.72. The molecule has 0 saturated heterocycles. The average molecular weight is 326 g/mol. The Morgan fingerprint density at radius 3 is 2.52 bits per heavy atom. The predicted molar refractivity (Wildman–Crippen MR) is 89.2 cm³/mol. The van der Waals surface area contributed by atoms with Gasteiger partial charge in [0.2, 0.25) is 5.43 Å². The molecule has 112 valence electrons. The maximum Gasteiger partial charge on any atom is 0.492 e. The molecule has 0 aromatic heterocycles. The largest absolute Gasteiger partial charge is 0.492 e. The van der Waals surface area contributed by atoms with Crippen molar-refractivity contribution in [2.75, 3.05) is 0 Å². The standard InChI is InChI=1S/C16H9BClNO4/c18-12-14(20)9-5-2-1-4-8(9)13-16(12)23-15-10(17(21)22)6-3-7-11(15)19-13/h1-7,21-22H. The number of halogens is 1. The first-order valence-electron chi connectivity index (χ1n) is 6.88. The summed E-state index contributed by atoms with van der Waals surface area (Å²) in [5.74, 6) is 0.135. The summed E-state index contributed by atoms with van der Waals surface area (Å²) in [4.78, 5) is 16.9. The van der Waals surface area contributed by atoms with Crippen molar-refractivity contribution >= 4 is 46.1 Å². The van der Waals surface area contributed by atoms with Gasteiger partial charge in [0, 0.05) is 16.2 Å². The molecule has 1 aliphatic carbocycles. The van der Waals surface area contributed by atoms with Crippen LogP contribution in [0.25, 0.3) is 33.3 Å². The lowest BCUT2D eigenvalue weighted by atomic mass is 9.79. The van der Waals surface area contributed by atoms with Gasteiger partial charge in [-0.3, -0.25) is 4.79 Å². The van der Waals surface area contributed by atoms with E-state index in [9.17, 15) is 14.8 Å². The average Bonchev–Trinajstić information content (AvgIpc) is 2.57. The Bertz CT molecular complexity index is 1090. The molecule has 1 heterocycles. The van der Waals surface area contributed by atoms with Gasteiger partial charge in [-0.25, -0.2) is 4.98 Å². The van der Waals surface area contributed by atoms with Crippen LogP contribution in [-0.4, -0.2) is 22.2 Å². The Kier molecular flexibility index (Phi) is 3.12. The van der Waals surface area contributed by atoms with Crippen LogP contribution >= 0.6 is 11.6 Å². The lowest BCUT2D eigenvalue weighted by Gasteiger charge is -2.12. The summed E-state index contributed by atoms with van der Waals surface area (Å²) in [6.07, 6.45) is 0. The van der Waals surface area contributed by atoms with Crippen molar-refractivity contribution in [1.29, 1.82) is 0 Å². The van der Waals surface area contributed by atoms with Gasteiger partial charge in [-0.2, -0.15) is 0 Å². The van der Waals surface area contributed by atoms with Gasteiger partial charge in [-0.1, -0.05) is 48.0 Å². The van der Waals surface area contributed by atoms with E-state index in [1.54, 1.807) is 36.4 Å². The molecule has 2 aromatic rings. The molecule has 0 radical (unpaired) electrons. The lowest BCUT2D eigenvalue weighted by molar-refractivity contribution is 0.425. The van der Waals surface area contributed by atoms with Crippen LogP contribution in [0.3, 0.4) is 0 Å². The second-order valence-electron chi connectivity index (χ2n) is 5.15. The summed E-state index contributed by atoms with van der Waals surface area (Å²) < 4.78 is 5.74. The second-order valence-corrected chi connectivity index (χ2v) is 5.53. The van der Waals surface area contributed by atoms with Crippen LogP contribution in [0.1, 0.15) is 0 Å². The Labute approximate surface area is 135 Å². The van der Waals surface area contributed by atoms with Gasteiger partial charge < -0.3 is 14.5 Å². The number of benzene rings is 3. The smallest absolute Gasteiger partial charge is 0.451 e. The first kappa shape index (κ1) is 14.2. The van der Waals surface area contributed by atoms with E-state index in [4.69, 9.17) is 16.0 Å². The molecule has 5 nitrogen and oxygen atoms in total. The van der Waals surface area contributed by atoms with Crippen molar-refractivity contribution in [2.45, 2.75) is 0 Å². The molecule has 2 N–H and O–H groups in total. The van der Waals surface area contributed by atoms with Crippen LogP contribution in [0.5, 0.6) is 0 Å². The molecule has 0 atom stereocenters. The summed E-state index contributed by atoms with van der Waals surface area (Å²) >= 11 is 6.17. The highest BCUT2D eigenvalue weighted by molar-refractivity contribution is 6.61. The van der Waals surface area contributed by atoms with E-state index in [1.807, 2.05) is 0 Å². The normalized spacial score (nSPS) is 11.4. The molecule has 23 heavy (non-hydrogen) atoms. The van der Waals surface area contributed by atoms with Gasteiger partial charge in [0.25, 0.3) is 0 Å². The van der Waals surface area contributed by atoms with E-state index < -0.39 is 7.12 Å². The summed E-state index contributed by atoms with van der Waals surface area (Å²) in [6.45, 7) is 0. The van der Waals surface area contributed by atoms with E-state index >= 15 is 0 Å². The van der Waals surface area contributed by atoms with Gasteiger partial charge in [0.15, 0.2) is 11.3 Å². The second kappa shape index (κ2) is 5.06. The minimum Gasteiger partial charge on any atom is -0.451 e. The molecule has 0 unspecified atom stereocenters. The first-order valence-corrected chi connectivity index (χ1v) is 7.25. The third kappa shape index (κ3) is 2.04. The third-order valence-electron chi connectivity index (χ3n) is 3.78. The Morgan fingerprint density at radius 2 is 1.78 bits per heavy atom. The summed E-state index contributed by atoms with van der Waals surface area (Å²) in [6, 6.07) is 11.9. The highest BCUT2D eigenvalue weighted by Gasteiger charge is 2.24. The fourth-order valence-electron chi connectivity index (χ4n) is 2.71. The van der Waals surface area contributed by atoms with Crippen molar-refractivity contribution in [2.24, 2.45) is 0 Å². The lowest BCUT2D eigenvalue weighted by Crippen LogP contribution is -2.30. The van der Waals surface area contributed by atoms with E-state index in [-0.39, 0.29) is 27.3 Å². The summed E-state index contributed by atoms with van der Waals surface area (Å²) in [5.41, 5.74) is 0.909. The Hall–Kier alpha value is -2.41. The number of para-hydroxylation sites is 1. The minimum absolute atomic E-state index is 0.0738. The van der Waals surface area contributed by atoms with Gasteiger partial charge in [0.05, 0.1) is 0 Å². The molecule has 7 heteroatoms. The monoisotopic (exact) mass is 325 g/mol. The molecule has 1 aliphatic heterocycles. The van der Waals surface area contributed by atoms with Gasteiger partial charge in [-0.05, 0) is 6.07 Å². The zero-order valence-electron chi connectivity index (χ0n) is 11.7. The highest BCUT2D eigenvalue weighted by Crippen LogP contribution is 2.34. The fourth-order valence-corrected chi connectivity index (χ4v) is 2.94. The third-order valence-corrected chi connectivity index (χ3v) is 4.12. The molecule has 2 aromatic carbocycles. The van der Waals surface area contributed by atoms with Crippen LogP contribution in [0, 0.1) is 0 Å². The van der Waals surface area contributed by atoms with E-state index in [0.717, 1.165) is 0 Å². The Balaban J connectivity index is 2.26. The molecule has 0 bridgehead atoms. The van der Waals surface area contributed by atoms with Crippen molar-refractivity contribution in [1.82, 2.24) is 4.98 Å². The zero-order valence-corrected chi connectivity index (χ0v) is 12.4. The topological polar surface area (TPSA) is 83.6 Å². The molecular weight excluding hydrogens is 316 g/mol. The van der Waals surface area contributed by atoms with E-state index in [1.165, 1.54) is 6.07 Å². The van der Waals surface area contributed by atoms with Crippen molar-refractivity contribution < 1.29 is 14.5 Å². The van der Waals surface area contributed by atoms with E-state index in [2.05, 4.69) is 4.98 Å². The molecule has 0 saturated carbocycles. The van der Waals surface area contributed by atoms with Gasteiger partial charge >= 0.3 is 7.12 Å². The van der Waals surface area contributed by atoms with Gasteiger partial charge in [-0.15, -0.1) is 0 Å². The van der Waals surface area contributed by atoms with Crippen LogP contribution in [0.2, 0.25) is 5.02 Å². The number of nitrogens with zero attached hydrogens (tertiary/aromatic N) is 1. The number of fused-ring (bicyclic) bond motifs is 4. The van der Waals surface area contributed by atoms with Crippen LogP contribution in [0.15, 0.2) is 51.7 Å². The fraction of sp³-hybridized carbons (Fsp3) is 0. The summed E-state index contributed by atoms with van der Waals surface area (Å²) in [5, 5.41) is 20.0. The maximum absolute atomic E-state index is 12.4. The van der Waals surface area contributed by atoms with Crippen molar-refractivity contribution in [3.63, 3.8) is 0 Å². The van der Waals surface area contributed by atoms with Crippen molar-refractivity contribution in [3.05, 3.63) is 57.7 Å². The number of rotatable bonds is 1. The quantitative estimate of drug-likeness (QED) is 0.317. The molecule has 0 amide bonds. The first-order chi connectivity index (χ1) is 11.1. The SMILES string of the molecule is O=c1c(Cl)c2oc3c(B(O)O)cccc3nc-2c2ccccc12. The van der Waals surface area contributed by atoms with Crippen LogP contribution in [-0.2, 0) is 0 Å². The minimum atomic E-state index is -1.72. The van der Waals surface area contributed by atoms with Gasteiger partial charge in [0.1, 0.15) is 16.2 Å².